The van der Waals surface area contributed by atoms with Gasteiger partial charge in [-0.05, 0) is 46.8 Å². The minimum absolute atomic E-state index is 0.0541. The molecule has 8 nitrogen and oxygen atoms in total. The number of aryl methyl sites for hydroxylation is 1. The van der Waals surface area contributed by atoms with Gasteiger partial charge >= 0.3 is 6.09 Å². The van der Waals surface area contributed by atoms with Crippen LogP contribution in [0.5, 0.6) is 0 Å². The van der Waals surface area contributed by atoms with E-state index in [-0.39, 0.29) is 23.7 Å². The molecule has 0 aromatic carbocycles. The summed E-state index contributed by atoms with van der Waals surface area (Å²) in [5.41, 5.74) is 1.55. The van der Waals surface area contributed by atoms with Gasteiger partial charge in [0.05, 0.1) is 11.2 Å². The van der Waals surface area contributed by atoms with Crippen LogP contribution in [0.25, 0.3) is 11.0 Å². The van der Waals surface area contributed by atoms with Gasteiger partial charge in [0, 0.05) is 38.3 Å². The fourth-order valence-corrected chi connectivity index (χ4v) is 3.63. The lowest BCUT2D eigenvalue weighted by molar-refractivity contribution is 0.0130. The summed E-state index contributed by atoms with van der Waals surface area (Å²) in [7, 11) is 1.69. The van der Waals surface area contributed by atoms with Gasteiger partial charge in [0.15, 0.2) is 0 Å². The first-order valence-electron chi connectivity index (χ1n) is 9.69. The molecule has 1 amide bonds. The van der Waals surface area contributed by atoms with E-state index in [0.717, 1.165) is 0 Å². The number of pyridine rings is 2. The maximum atomic E-state index is 12.6. The molecule has 0 spiro atoms. The summed E-state index contributed by atoms with van der Waals surface area (Å²) in [5.74, 6) is 0. The van der Waals surface area contributed by atoms with Crippen molar-refractivity contribution < 1.29 is 9.53 Å². The highest BCUT2D eigenvalue weighted by molar-refractivity contribution is 5.89. The average Bonchev–Trinajstić information content (AvgIpc) is 2.64. The van der Waals surface area contributed by atoms with Crippen LogP contribution in [0.15, 0.2) is 23.0 Å². The maximum absolute atomic E-state index is 12.6. The number of rotatable bonds is 1. The van der Waals surface area contributed by atoms with E-state index in [4.69, 9.17) is 4.74 Å². The van der Waals surface area contributed by atoms with Crippen LogP contribution in [0.1, 0.15) is 40.3 Å². The Morgan fingerprint density at radius 1 is 1.24 bits per heavy atom. The van der Waals surface area contributed by atoms with Crippen LogP contribution in [0, 0.1) is 11.3 Å². The lowest BCUT2D eigenvalue weighted by Crippen LogP contribution is -2.59. The number of hydrogen-bond donors (Lipinski definition) is 0. The Balaban J connectivity index is 1.99. The van der Waals surface area contributed by atoms with Crippen molar-refractivity contribution in [1.82, 2.24) is 14.5 Å². The van der Waals surface area contributed by atoms with Crippen LogP contribution >= 0.6 is 0 Å². The minimum Gasteiger partial charge on any atom is -0.444 e. The zero-order chi connectivity index (χ0) is 21.5. The van der Waals surface area contributed by atoms with E-state index < -0.39 is 5.60 Å². The number of aromatic nitrogens is 2. The fraction of sp³-hybridized carbons (Fsp3) is 0.524. The van der Waals surface area contributed by atoms with Crippen molar-refractivity contribution in [2.45, 2.75) is 52.3 Å². The van der Waals surface area contributed by atoms with Gasteiger partial charge in [0.25, 0.3) is 5.56 Å². The Morgan fingerprint density at radius 3 is 2.55 bits per heavy atom. The molecule has 2 aromatic heterocycles. The van der Waals surface area contributed by atoms with E-state index in [1.807, 2.05) is 34.6 Å². The molecule has 29 heavy (non-hydrogen) atoms. The van der Waals surface area contributed by atoms with Crippen molar-refractivity contribution in [3.8, 4) is 6.07 Å². The first-order valence-corrected chi connectivity index (χ1v) is 9.69. The van der Waals surface area contributed by atoms with Crippen LogP contribution in [0.3, 0.4) is 0 Å². The maximum Gasteiger partial charge on any atom is 0.410 e. The number of nitrogens with zero attached hydrogens (tertiary/aromatic N) is 5. The highest BCUT2D eigenvalue weighted by Crippen LogP contribution is 2.29. The van der Waals surface area contributed by atoms with Gasteiger partial charge in [0.2, 0.25) is 0 Å². The highest BCUT2D eigenvalue weighted by Gasteiger charge is 2.35. The zero-order valence-corrected chi connectivity index (χ0v) is 17.8. The molecule has 0 bridgehead atoms. The molecule has 2 atom stereocenters. The monoisotopic (exact) mass is 397 g/mol. The van der Waals surface area contributed by atoms with Gasteiger partial charge in [-0.3, -0.25) is 4.79 Å². The number of piperazine rings is 1. The molecule has 0 unspecified atom stereocenters. The van der Waals surface area contributed by atoms with Crippen LogP contribution in [0.2, 0.25) is 0 Å². The van der Waals surface area contributed by atoms with E-state index in [9.17, 15) is 14.9 Å². The number of hydrogen-bond acceptors (Lipinski definition) is 6. The third-order valence-corrected chi connectivity index (χ3v) is 5.11. The number of nitriles is 1. The van der Waals surface area contributed by atoms with E-state index in [0.29, 0.717) is 35.5 Å². The van der Waals surface area contributed by atoms with Crippen molar-refractivity contribution >= 4 is 22.8 Å². The number of amides is 1. The third-order valence-electron chi connectivity index (χ3n) is 5.11. The molecule has 1 aliphatic heterocycles. The normalized spacial score (nSPS) is 19.9. The van der Waals surface area contributed by atoms with Crippen molar-refractivity contribution in [2.75, 3.05) is 18.0 Å². The van der Waals surface area contributed by atoms with Crippen molar-refractivity contribution in [1.29, 1.82) is 5.26 Å². The van der Waals surface area contributed by atoms with Gasteiger partial charge in [-0.15, -0.1) is 0 Å². The topological polar surface area (TPSA) is 91.5 Å². The summed E-state index contributed by atoms with van der Waals surface area (Å²) in [4.78, 5) is 33.4. The first-order chi connectivity index (χ1) is 13.5. The molecule has 8 heteroatoms. The van der Waals surface area contributed by atoms with E-state index in [2.05, 4.69) is 16.0 Å². The van der Waals surface area contributed by atoms with Crippen LogP contribution < -0.4 is 10.5 Å². The van der Waals surface area contributed by atoms with Gasteiger partial charge in [-0.25, -0.2) is 9.78 Å². The van der Waals surface area contributed by atoms with Crippen LogP contribution in [0.4, 0.5) is 10.5 Å². The summed E-state index contributed by atoms with van der Waals surface area (Å²) in [6.45, 7) is 10.5. The summed E-state index contributed by atoms with van der Waals surface area (Å²) < 4.78 is 7.06. The van der Waals surface area contributed by atoms with Gasteiger partial charge in [-0.1, -0.05) is 0 Å². The lowest BCUT2D eigenvalue weighted by atomic mass is 10.1. The second-order valence-corrected chi connectivity index (χ2v) is 8.59. The number of carbonyl (C=O) groups is 1. The second-order valence-electron chi connectivity index (χ2n) is 8.59. The Hall–Kier alpha value is -3.08. The van der Waals surface area contributed by atoms with E-state index >= 15 is 0 Å². The van der Waals surface area contributed by atoms with E-state index in [1.54, 1.807) is 30.1 Å². The molecule has 1 aliphatic rings. The van der Waals surface area contributed by atoms with Gasteiger partial charge < -0.3 is 19.1 Å². The average molecular weight is 397 g/mol. The predicted octanol–water partition coefficient (Wildman–Crippen LogP) is 2.64. The molecule has 2 aromatic rings. The summed E-state index contributed by atoms with van der Waals surface area (Å²) >= 11 is 0. The van der Waals surface area contributed by atoms with E-state index in [1.165, 1.54) is 4.57 Å². The second kappa shape index (κ2) is 7.39. The summed E-state index contributed by atoms with van der Waals surface area (Å²) in [5, 5.41) is 9.25. The zero-order valence-electron chi connectivity index (χ0n) is 17.8. The molecule has 3 heterocycles. The number of anilines is 1. The van der Waals surface area contributed by atoms with Crippen LogP contribution in [-0.4, -0.2) is 51.3 Å². The van der Waals surface area contributed by atoms with Crippen molar-refractivity contribution in [3.05, 3.63) is 34.2 Å². The molecule has 0 radical (unpaired) electrons. The SMILES string of the molecule is C[C@@H]1CN(c2cc(=O)n(C)c3ccc(C#N)nc23)[C@@H](C)CN1C(=O)OC(C)(C)C. The smallest absolute Gasteiger partial charge is 0.410 e. The molecule has 0 aliphatic carbocycles. The standard InChI is InChI=1S/C21H27N5O3/c1-13-12-26(20(28)29-21(3,4)5)14(2)11-25(13)17-9-18(27)24(6)16-8-7-15(10-22)23-19(16)17/h7-9,13-14H,11-12H2,1-6H3/t13-,14+/m0/s1. The highest BCUT2D eigenvalue weighted by atomic mass is 16.6. The number of carbonyl (C=O) groups excluding carboxylic acids is 1. The van der Waals surface area contributed by atoms with Crippen molar-refractivity contribution in [2.24, 2.45) is 7.05 Å². The lowest BCUT2D eigenvalue weighted by Gasteiger charge is -2.45. The first kappa shape index (κ1) is 20.6. The Labute approximate surface area is 170 Å². The van der Waals surface area contributed by atoms with Gasteiger partial charge in [0.1, 0.15) is 22.9 Å². The Bertz CT molecular complexity index is 1050. The molecule has 0 saturated carbocycles. The molecule has 1 fully saturated rings. The van der Waals surface area contributed by atoms with Crippen LogP contribution in [-0.2, 0) is 11.8 Å². The number of fused-ring (bicyclic) bond motifs is 1. The molecular weight excluding hydrogens is 370 g/mol. The third kappa shape index (κ3) is 4.04. The molecule has 1 saturated heterocycles. The largest absolute Gasteiger partial charge is 0.444 e. The Kier molecular flexibility index (Phi) is 5.26. The number of ether oxygens (including phenoxy) is 1. The molecule has 3 rings (SSSR count). The van der Waals surface area contributed by atoms with Crippen molar-refractivity contribution in [3.63, 3.8) is 0 Å². The predicted molar refractivity (Wildman–Crippen MR) is 111 cm³/mol. The molecule has 154 valence electrons. The minimum atomic E-state index is -0.559. The molecule has 0 N–H and O–H groups in total. The molecular formula is C21H27N5O3. The quantitative estimate of drug-likeness (QED) is 0.735. The van der Waals surface area contributed by atoms with Gasteiger partial charge in [-0.2, -0.15) is 5.26 Å². The summed E-state index contributed by atoms with van der Waals surface area (Å²) in [6.07, 6.45) is -0.338. The Morgan fingerprint density at radius 2 is 1.93 bits per heavy atom. The summed E-state index contributed by atoms with van der Waals surface area (Å²) in [6, 6.07) is 6.81. The fourth-order valence-electron chi connectivity index (χ4n) is 3.63.